The minimum absolute atomic E-state index is 0.119. The van der Waals surface area contributed by atoms with E-state index in [2.05, 4.69) is 50.1 Å². The number of nitrogens with two attached hydrogens (primary N) is 1. The highest BCUT2D eigenvalue weighted by Gasteiger charge is 2.34. The van der Waals surface area contributed by atoms with Crippen molar-refractivity contribution < 1.29 is 0 Å². The van der Waals surface area contributed by atoms with Crippen molar-refractivity contribution in [3.05, 3.63) is 23.9 Å². The summed E-state index contributed by atoms with van der Waals surface area (Å²) in [7, 11) is 4.30. The fourth-order valence-electron chi connectivity index (χ4n) is 2.49. The lowest BCUT2D eigenvalue weighted by Gasteiger charge is -2.43. The van der Waals surface area contributed by atoms with Crippen LogP contribution < -0.4 is 11.1 Å². The number of rotatable bonds is 7. The Morgan fingerprint density at radius 1 is 1.42 bits per heavy atom. The summed E-state index contributed by atoms with van der Waals surface area (Å²) in [4.78, 5) is 6.37. The molecule has 19 heavy (non-hydrogen) atoms. The molecule has 0 aliphatic heterocycles. The van der Waals surface area contributed by atoms with Crippen molar-refractivity contribution in [1.82, 2.24) is 15.2 Å². The predicted octanol–water partition coefficient (Wildman–Crippen LogP) is 1.91. The standard InChI is InChI=1S/C15H28N4/c1-6-15(3,19(4)5)13(17-7-2)10-12-8-9-18-14(16)11-12/h8-9,11,13,17H,6-7,10H2,1-5H3,(H2,16,18). The summed E-state index contributed by atoms with van der Waals surface area (Å²) in [5, 5.41) is 3.62. The molecule has 2 atom stereocenters. The fourth-order valence-corrected chi connectivity index (χ4v) is 2.49. The molecule has 1 heterocycles. The molecule has 0 aromatic carbocycles. The summed E-state index contributed by atoms with van der Waals surface area (Å²) >= 11 is 0. The highest BCUT2D eigenvalue weighted by molar-refractivity contribution is 5.32. The van der Waals surface area contributed by atoms with Crippen LogP contribution >= 0.6 is 0 Å². The third-order valence-electron chi connectivity index (χ3n) is 4.22. The van der Waals surface area contributed by atoms with Crippen LogP contribution in [0.5, 0.6) is 0 Å². The Morgan fingerprint density at radius 3 is 2.58 bits per heavy atom. The Hall–Kier alpha value is -1.13. The van der Waals surface area contributed by atoms with Gasteiger partial charge in [0, 0.05) is 17.8 Å². The molecule has 0 spiro atoms. The van der Waals surface area contributed by atoms with Crippen LogP contribution in [0.15, 0.2) is 18.3 Å². The number of hydrogen-bond donors (Lipinski definition) is 2. The van der Waals surface area contributed by atoms with Gasteiger partial charge in [-0.1, -0.05) is 13.8 Å². The maximum atomic E-state index is 5.77. The molecule has 0 aliphatic carbocycles. The van der Waals surface area contributed by atoms with Gasteiger partial charge < -0.3 is 16.0 Å². The first kappa shape index (κ1) is 15.9. The van der Waals surface area contributed by atoms with E-state index in [9.17, 15) is 0 Å². The number of nitrogen functional groups attached to an aromatic ring is 1. The van der Waals surface area contributed by atoms with E-state index < -0.39 is 0 Å². The zero-order chi connectivity index (χ0) is 14.5. The van der Waals surface area contributed by atoms with Crippen molar-refractivity contribution >= 4 is 5.82 Å². The molecule has 3 N–H and O–H groups in total. The van der Waals surface area contributed by atoms with Crippen LogP contribution in [0, 0.1) is 0 Å². The van der Waals surface area contributed by atoms with Crippen LogP contribution in [0.4, 0.5) is 5.82 Å². The number of pyridine rings is 1. The van der Waals surface area contributed by atoms with E-state index in [-0.39, 0.29) is 5.54 Å². The van der Waals surface area contributed by atoms with Gasteiger partial charge in [0.1, 0.15) is 5.82 Å². The average Bonchev–Trinajstić information content (AvgIpc) is 2.37. The van der Waals surface area contributed by atoms with Crippen molar-refractivity contribution in [2.75, 3.05) is 26.4 Å². The number of nitrogens with zero attached hydrogens (tertiary/aromatic N) is 2. The molecular formula is C15H28N4. The summed E-state index contributed by atoms with van der Waals surface area (Å²) in [6.45, 7) is 7.67. The zero-order valence-electron chi connectivity index (χ0n) is 12.9. The zero-order valence-corrected chi connectivity index (χ0v) is 12.9. The lowest BCUT2D eigenvalue weighted by molar-refractivity contribution is 0.113. The van der Waals surface area contributed by atoms with Gasteiger partial charge in [0.2, 0.25) is 0 Å². The van der Waals surface area contributed by atoms with Crippen molar-refractivity contribution in [3.8, 4) is 0 Å². The topological polar surface area (TPSA) is 54.2 Å². The Kier molecular flexibility index (Phi) is 5.76. The van der Waals surface area contributed by atoms with Gasteiger partial charge in [0.15, 0.2) is 0 Å². The lowest BCUT2D eigenvalue weighted by Crippen LogP contribution is -2.57. The summed E-state index contributed by atoms with van der Waals surface area (Å²) in [6, 6.07) is 4.40. The summed E-state index contributed by atoms with van der Waals surface area (Å²) in [6.07, 6.45) is 3.84. The maximum Gasteiger partial charge on any atom is 0.123 e. The van der Waals surface area contributed by atoms with Gasteiger partial charge in [-0.2, -0.15) is 0 Å². The van der Waals surface area contributed by atoms with Gasteiger partial charge in [-0.3, -0.25) is 0 Å². The van der Waals surface area contributed by atoms with Crippen LogP contribution in [0.2, 0.25) is 0 Å². The molecule has 1 rings (SSSR count). The summed E-state index contributed by atoms with van der Waals surface area (Å²) < 4.78 is 0. The van der Waals surface area contributed by atoms with Crippen LogP contribution in [-0.4, -0.2) is 42.1 Å². The van der Waals surface area contributed by atoms with Gasteiger partial charge >= 0.3 is 0 Å². The normalized spacial score (nSPS) is 16.3. The minimum Gasteiger partial charge on any atom is -0.384 e. The number of anilines is 1. The Bertz CT molecular complexity index is 391. The van der Waals surface area contributed by atoms with Crippen LogP contribution in [0.3, 0.4) is 0 Å². The second kappa shape index (κ2) is 6.87. The molecule has 0 amide bonds. The van der Waals surface area contributed by atoms with Crippen molar-refractivity contribution in [2.45, 2.75) is 45.2 Å². The van der Waals surface area contributed by atoms with E-state index in [1.165, 1.54) is 5.56 Å². The lowest BCUT2D eigenvalue weighted by atomic mass is 9.84. The SMILES string of the molecule is CCNC(Cc1ccnc(N)c1)C(C)(CC)N(C)C. The Morgan fingerprint density at radius 2 is 2.11 bits per heavy atom. The molecule has 0 fully saturated rings. The molecule has 0 saturated heterocycles. The van der Waals surface area contributed by atoms with E-state index in [0.717, 1.165) is 19.4 Å². The van der Waals surface area contributed by atoms with E-state index in [1.807, 2.05) is 12.1 Å². The highest BCUT2D eigenvalue weighted by Crippen LogP contribution is 2.24. The van der Waals surface area contributed by atoms with Crippen LogP contribution in [0.1, 0.15) is 32.8 Å². The number of aromatic nitrogens is 1. The molecule has 0 bridgehead atoms. The van der Waals surface area contributed by atoms with Crippen molar-refractivity contribution in [1.29, 1.82) is 0 Å². The molecule has 0 saturated carbocycles. The molecule has 4 nitrogen and oxygen atoms in total. The largest absolute Gasteiger partial charge is 0.384 e. The first-order valence-corrected chi connectivity index (χ1v) is 7.05. The highest BCUT2D eigenvalue weighted by atomic mass is 15.2. The average molecular weight is 264 g/mol. The Labute approximate surface area is 117 Å². The van der Waals surface area contributed by atoms with Crippen LogP contribution in [0.25, 0.3) is 0 Å². The van der Waals surface area contributed by atoms with E-state index in [4.69, 9.17) is 5.73 Å². The van der Waals surface area contributed by atoms with E-state index in [1.54, 1.807) is 6.20 Å². The third kappa shape index (κ3) is 3.91. The molecule has 0 radical (unpaired) electrons. The maximum absolute atomic E-state index is 5.77. The minimum atomic E-state index is 0.119. The van der Waals surface area contributed by atoms with Gasteiger partial charge in [-0.15, -0.1) is 0 Å². The number of hydrogen-bond acceptors (Lipinski definition) is 4. The fraction of sp³-hybridized carbons (Fsp3) is 0.667. The van der Waals surface area contributed by atoms with Crippen LogP contribution in [-0.2, 0) is 6.42 Å². The smallest absolute Gasteiger partial charge is 0.123 e. The second-order valence-electron chi connectivity index (χ2n) is 5.51. The van der Waals surface area contributed by atoms with Gasteiger partial charge in [-0.25, -0.2) is 4.98 Å². The first-order valence-electron chi connectivity index (χ1n) is 7.05. The van der Waals surface area contributed by atoms with Crippen molar-refractivity contribution in [3.63, 3.8) is 0 Å². The van der Waals surface area contributed by atoms with Gasteiger partial charge in [0.05, 0.1) is 0 Å². The second-order valence-corrected chi connectivity index (χ2v) is 5.51. The molecule has 108 valence electrons. The molecule has 4 heteroatoms. The number of nitrogens with one attached hydrogen (secondary N) is 1. The molecule has 1 aromatic rings. The van der Waals surface area contributed by atoms with Crippen molar-refractivity contribution in [2.24, 2.45) is 0 Å². The molecule has 1 aromatic heterocycles. The monoisotopic (exact) mass is 264 g/mol. The number of likely N-dealkylation sites (N-methyl/N-ethyl adjacent to an activating group) is 2. The van der Waals surface area contributed by atoms with E-state index >= 15 is 0 Å². The molecule has 0 aliphatic rings. The van der Waals surface area contributed by atoms with E-state index in [0.29, 0.717) is 11.9 Å². The first-order chi connectivity index (χ1) is 8.93. The summed E-state index contributed by atoms with van der Waals surface area (Å²) in [5.74, 6) is 0.593. The Balaban J connectivity index is 2.94. The molecule has 2 unspecified atom stereocenters. The molecular weight excluding hydrogens is 236 g/mol. The van der Waals surface area contributed by atoms with Gasteiger partial charge in [-0.05, 0) is 58.1 Å². The third-order valence-corrected chi connectivity index (χ3v) is 4.22. The summed E-state index contributed by atoms with van der Waals surface area (Å²) in [5.41, 5.74) is 7.12. The predicted molar refractivity (Wildman–Crippen MR) is 82.2 cm³/mol. The quantitative estimate of drug-likeness (QED) is 0.790. The van der Waals surface area contributed by atoms with Gasteiger partial charge in [0.25, 0.3) is 0 Å².